The summed E-state index contributed by atoms with van der Waals surface area (Å²) in [5.41, 5.74) is 0. The van der Waals surface area contributed by atoms with Crippen molar-refractivity contribution in [1.29, 1.82) is 0 Å². The normalized spacial score (nSPS) is 18.2. The topological polar surface area (TPSA) is 39.7 Å². The Morgan fingerprint density at radius 3 is 2.55 bits per heavy atom. The van der Waals surface area contributed by atoms with Crippen LogP contribution < -0.4 is 10.6 Å². The van der Waals surface area contributed by atoms with Gasteiger partial charge in [-0.05, 0) is 45.2 Å². The highest BCUT2D eigenvalue weighted by Crippen LogP contribution is 2.10. The minimum atomic E-state index is 0.638. The number of nitrogens with one attached hydrogen (secondary N) is 2. The van der Waals surface area contributed by atoms with Crippen LogP contribution in [0.1, 0.15) is 52.9 Å². The number of hydrogen-bond acceptors (Lipinski definition) is 2. The molecule has 0 saturated carbocycles. The van der Waals surface area contributed by atoms with Crippen LogP contribution in [-0.2, 0) is 0 Å². The number of likely N-dealkylation sites (tertiary alicyclic amines) is 1. The summed E-state index contributed by atoms with van der Waals surface area (Å²) in [7, 11) is 0. The molecule has 0 radical (unpaired) electrons. The van der Waals surface area contributed by atoms with Crippen LogP contribution in [0.3, 0.4) is 0 Å². The minimum absolute atomic E-state index is 0.638. The highest BCUT2D eigenvalue weighted by Gasteiger charge is 2.14. The molecule has 1 aliphatic rings. The van der Waals surface area contributed by atoms with Gasteiger partial charge in [0.25, 0.3) is 0 Å². The van der Waals surface area contributed by atoms with Gasteiger partial charge in [-0.1, -0.05) is 26.7 Å². The molecular formula is C16H34N4. The molecule has 1 fully saturated rings. The van der Waals surface area contributed by atoms with Crippen LogP contribution in [0.15, 0.2) is 4.99 Å². The van der Waals surface area contributed by atoms with Gasteiger partial charge < -0.3 is 15.5 Å². The van der Waals surface area contributed by atoms with E-state index >= 15 is 0 Å². The number of aliphatic imine (C=N–C) groups is 1. The van der Waals surface area contributed by atoms with E-state index in [4.69, 9.17) is 4.99 Å². The first-order valence-corrected chi connectivity index (χ1v) is 8.50. The molecule has 2 N–H and O–H groups in total. The van der Waals surface area contributed by atoms with E-state index in [1.165, 1.54) is 51.7 Å². The molecule has 1 atom stereocenters. The largest absolute Gasteiger partial charge is 0.357 e. The molecule has 0 aromatic heterocycles. The Labute approximate surface area is 125 Å². The quantitative estimate of drug-likeness (QED) is 0.388. The first kappa shape index (κ1) is 17.3. The number of hydrogen-bond donors (Lipinski definition) is 2. The van der Waals surface area contributed by atoms with Crippen LogP contribution in [0.2, 0.25) is 0 Å². The maximum absolute atomic E-state index is 4.72. The van der Waals surface area contributed by atoms with Gasteiger partial charge in [-0.25, -0.2) is 0 Å². The van der Waals surface area contributed by atoms with Crippen molar-refractivity contribution in [3.63, 3.8) is 0 Å². The van der Waals surface area contributed by atoms with Crippen LogP contribution >= 0.6 is 0 Å². The molecule has 20 heavy (non-hydrogen) atoms. The summed E-state index contributed by atoms with van der Waals surface area (Å²) in [4.78, 5) is 7.29. The molecule has 1 unspecified atom stereocenters. The van der Waals surface area contributed by atoms with Gasteiger partial charge in [0.05, 0.1) is 0 Å². The summed E-state index contributed by atoms with van der Waals surface area (Å²) in [6.07, 6.45) is 6.53. The molecule has 4 heteroatoms. The van der Waals surface area contributed by atoms with E-state index in [9.17, 15) is 0 Å². The van der Waals surface area contributed by atoms with Crippen LogP contribution in [0, 0.1) is 5.92 Å². The van der Waals surface area contributed by atoms with Crippen molar-refractivity contribution in [2.75, 3.05) is 39.3 Å². The lowest BCUT2D eigenvalue weighted by Crippen LogP contribution is -2.38. The SMILES string of the molecule is CCCCCNC(=NCC(C)CN1CCCC1)NCC. The lowest BCUT2D eigenvalue weighted by molar-refractivity contribution is 0.291. The number of guanidine groups is 1. The molecule has 118 valence electrons. The van der Waals surface area contributed by atoms with Gasteiger partial charge in [0.15, 0.2) is 5.96 Å². The predicted molar refractivity (Wildman–Crippen MR) is 88.3 cm³/mol. The molecule has 1 rings (SSSR count). The third-order valence-corrected chi connectivity index (χ3v) is 3.75. The summed E-state index contributed by atoms with van der Waals surface area (Å²) in [5.74, 6) is 1.62. The maximum Gasteiger partial charge on any atom is 0.191 e. The number of rotatable bonds is 9. The standard InChI is InChI=1S/C16H34N4/c1-4-6-7-10-18-16(17-5-2)19-13-15(3)14-20-11-8-9-12-20/h15H,4-14H2,1-3H3,(H2,17,18,19). The summed E-state index contributed by atoms with van der Waals surface area (Å²) < 4.78 is 0. The lowest BCUT2D eigenvalue weighted by atomic mass is 10.2. The highest BCUT2D eigenvalue weighted by molar-refractivity contribution is 5.79. The van der Waals surface area contributed by atoms with Crippen LogP contribution in [0.5, 0.6) is 0 Å². The van der Waals surface area contributed by atoms with Gasteiger partial charge in [-0.3, -0.25) is 4.99 Å². The lowest BCUT2D eigenvalue weighted by Gasteiger charge is -2.19. The van der Waals surface area contributed by atoms with Crippen molar-refractivity contribution in [1.82, 2.24) is 15.5 Å². The van der Waals surface area contributed by atoms with Gasteiger partial charge in [0.2, 0.25) is 0 Å². The fourth-order valence-corrected chi connectivity index (χ4v) is 2.63. The smallest absolute Gasteiger partial charge is 0.191 e. The summed E-state index contributed by atoms with van der Waals surface area (Å²) in [6, 6.07) is 0. The van der Waals surface area contributed by atoms with Crippen molar-refractivity contribution in [2.24, 2.45) is 10.9 Å². The Bertz CT molecular complexity index is 259. The first-order valence-electron chi connectivity index (χ1n) is 8.50. The van der Waals surface area contributed by atoms with Crippen molar-refractivity contribution in [2.45, 2.75) is 52.9 Å². The Hall–Kier alpha value is -0.770. The van der Waals surface area contributed by atoms with Crippen molar-refractivity contribution in [3.05, 3.63) is 0 Å². The van der Waals surface area contributed by atoms with Gasteiger partial charge in [-0.15, -0.1) is 0 Å². The molecular weight excluding hydrogens is 248 g/mol. The molecule has 1 saturated heterocycles. The van der Waals surface area contributed by atoms with E-state index in [0.29, 0.717) is 5.92 Å². The average Bonchev–Trinajstić information content (AvgIpc) is 2.93. The zero-order valence-electron chi connectivity index (χ0n) is 13.7. The second kappa shape index (κ2) is 11.0. The van der Waals surface area contributed by atoms with E-state index in [-0.39, 0.29) is 0 Å². The monoisotopic (exact) mass is 282 g/mol. The van der Waals surface area contributed by atoms with Crippen molar-refractivity contribution in [3.8, 4) is 0 Å². The fraction of sp³-hybridized carbons (Fsp3) is 0.938. The Morgan fingerprint density at radius 2 is 1.90 bits per heavy atom. The van der Waals surface area contributed by atoms with Gasteiger partial charge in [0, 0.05) is 26.2 Å². The third kappa shape index (κ3) is 7.73. The van der Waals surface area contributed by atoms with Crippen LogP contribution in [0.4, 0.5) is 0 Å². The molecule has 0 aromatic carbocycles. The minimum Gasteiger partial charge on any atom is -0.357 e. The van der Waals surface area contributed by atoms with E-state index in [2.05, 4.69) is 36.3 Å². The third-order valence-electron chi connectivity index (χ3n) is 3.75. The maximum atomic E-state index is 4.72. The molecule has 0 spiro atoms. The van der Waals surface area contributed by atoms with E-state index < -0.39 is 0 Å². The zero-order chi connectivity index (χ0) is 14.6. The van der Waals surface area contributed by atoms with Crippen molar-refractivity contribution >= 4 is 5.96 Å². The van der Waals surface area contributed by atoms with E-state index in [1.807, 2.05) is 0 Å². The van der Waals surface area contributed by atoms with E-state index in [1.54, 1.807) is 0 Å². The molecule has 4 nitrogen and oxygen atoms in total. The molecule has 0 amide bonds. The zero-order valence-corrected chi connectivity index (χ0v) is 13.7. The van der Waals surface area contributed by atoms with E-state index in [0.717, 1.165) is 25.6 Å². The second-order valence-corrected chi connectivity index (χ2v) is 5.97. The second-order valence-electron chi connectivity index (χ2n) is 5.97. The van der Waals surface area contributed by atoms with Gasteiger partial charge in [0.1, 0.15) is 0 Å². The summed E-state index contributed by atoms with van der Waals surface area (Å²) in [6.45, 7) is 13.3. The number of nitrogens with zero attached hydrogens (tertiary/aromatic N) is 2. The molecule has 0 aliphatic carbocycles. The molecule has 1 aliphatic heterocycles. The van der Waals surface area contributed by atoms with Crippen molar-refractivity contribution < 1.29 is 0 Å². The Balaban J connectivity index is 2.24. The summed E-state index contributed by atoms with van der Waals surface area (Å²) >= 11 is 0. The Kier molecular flexibility index (Phi) is 9.46. The molecule has 1 heterocycles. The fourth-order valence-electron chi connectivity index (χ4n) is 2.63. The van der Waals surface area contributed by atoms with Crippen LogP contribution in [0.25, 0.3) is 0 Å². The number of unbranched alkanes of at least 4 members (excludes halogenated alkanes) is 2. The van der Waals surface area contributed by atoms with Crippen LogP contribution in [-0.4, -0.2) is 50.1 Å². The average molecular weight is 282 g/mol. The predicted octanol–water partition coefficient (Wildman–Crippen LogP) is 2.46. The summed E-state index contributed by atoms with van der Waals surface area (Å²) in [5, 5.41) is 6.76. The molecule has 0 bridgehead atoms. The molecule has 0 aromatic rings. The van der Waals surface area contributed by atoms with Gasteiger partial charge >= 0.3 is 0 Å². The first-order chi connectivity index (χ1) is 9.76. The highest BCUT2D eigenvalue weighted by atomic mass is 15.2. The van der Waals surface area contributed by atoms with Gasteiger partial charge in [-0.2, -0.15) is 0 Å². The Morgan fingerprint density at radius 1 is 1.15 bits per heavy atom.